The van der Waals surface area contributed by atoms with E-state index in [4.69, 9.17) is 0 Å². The molecule has 0 spiro atoms. The SMILES string of the molecule is CC(C)n1cc(CC(C)(C)C(=O)O)c2ccc(O)cc21. The molecule has 0 atom stereocenters. The predicted molar refractivity (Wildman–Crippen MR) is 79.1 cm³/mol. The zero-order valence-electron chi connectivity index (χ0n) is 12.3. The van der Waals surface area contributed by atoms with Gasteiger partial charge < -0.3 is 14.8 Å². The Morgan fingerprint density at radius 1 is 1.35 bits per heavy atom. The van der Waals surface area contributed by atoms with Crippen molar-refractivity contribution in [3.63, 3.8) is 0 Å². The Bertz CT molecular complexity index is 653. The molecule has 0 radical (unpaired) electrons. The number of carboxylic acids is 1. The van der Waals surface area contributed by atoms with Crippen LogP contribution in [0.25, 0.3) is 10.9 Å². The van der Waals surface area contributed by atoms with Crippen LogP contribution in [0.15, 0.2) is 24.4 Å². The van der Waals surface area contributed by atoms with Gasteiger partial charge in [0.25, 0.3) is 0 Å². The summed E-state index contributed by atoms with van der Waals surface area (Å²) in [6, 6.07) is 5.48. The fourth-order valence-corrected chi connectivity index (χ4v) is 2.43. The number of aliphatic carboxylic acids is 1. The molecule has 0 unspecified atom stereocenters. The second-order valence-corrected chi connectivity index (χ2v) is 6.22. The average Bonchev–Trinajstić information content (AvgIpc) is 2.66. The van der Waals surface area contributed by atoms with E-state index >= 15 is 0 Å². The van der Waals surface area contributed by atoms with Crippen molar-refractivity contribution in [3.05, 3.63) is 30.0 Å². The normalized spacial score (nSPS) is 12.2. The summed E-state index contributed by atoms with van der Waals surface area (Å²) in [6.07, 6.45) is 2.46. The lowest BCUT2D eigenvalue weighted by atomic mass is 9.86. The van der Waals surface area contributed by atoms with Crippen molar-refractivity contribution in [2.75, 3.05) is 0 Å². The van der Waals surface area contributed by atoms with E-state index in [0.29, 0.717) is 6.42 Å². The van der Waals surface area contributed by atoms with E-state index in [0.717, 1.165) is 16.5 Å². The first-order valence-electron chi connectivity index (χ1n) is 6.78. The highest BCUT2D eigenvalue weighted by atomic mass is 16.4. The lowest BCUT2D eigenvalue weighted by Crippen LogP contribution is -2.26. The molecule has 0 amide bonds. The van der Waals surface area contributed by atoms with Crippen LogP contribution in [0.2, 0.25) is 0 Å². The molecule has 0 bridgehead atoms. The molecule has 2 N–H and O–H groups in total. The minimum atomic E-state index is -0.812. The van der Waals surface area contributed by atoms with Crippen LogP contribution in [0, 0.1) is 5.41 Å². The number of nitrogens with zero attached hydrogens (tertiary/aromatic N) is 1. The molecule has 2 aromatic rings. The number of aromatic nitrogens is 1. The molecule has 1 heterocycles. The summed E-state index contributed by atoms with van der Waals surface area (Å²) >= 11 is 0. The number of phenols is 1. The van der Waals surface area contributed by atoms with Crippen LogP contribution in [-0.2, 0) is 11.2 Å². The molecule has 1 aromatic heterocycles. The first-order valence-corrected chi connectivity index (χ1v) is 6.78. The van der Waals surface area contributed by atoms with E-state index < -0.39 is 11.4 Å². The molecule has 0 aliphatic rings. The summed E-state index contributed by atoms with van der Waals surface area (Å²) < 4.78 is 2.07. The van der Waals surface area contributed by atoms with Gasteiger partial charge in [-0.1, -0.05) is 0 Å². The molecular weight excluding hydrogens is 254 g/mol. The van der Waals surface area contributed by atoms with E-state index in [-0.39, 0.29) is 11.8 Å². The van der Waals surface area contributed by atoms with Gasteiger partial charge in [0.2, 0.25) is 0 Å². The first kappa shape index (κ1) is 14.4. The van der Waals surface area contributed by atoms with E-state index in [9.17, 15) is 15.0 Å². The van der Waals surface area contributed by atoms with E-state index in [1.807, 2.05) is 12.3 Å². The molecule has 2 rings (SSSR count). The minimum absolute atomic E-state index is 0.224. The second-order valence-electron chi connectivity index (χ2n) is 6.22. The van der Waals surface area contributed by atoms with Crippen LogP contribution < -0.4 is 0 Å². The quantitative estimate of drug-likeness (QED) is 0.896. The molecule has 4 heteroatoms. The number of fused-ring (bicyclic) bond motifs is 1. The van der Waals surface area contributed by atoms with Gasteiger partial charge in [-0.2, -0.15) is 0 Å². The smallest absolute Gasteiger partial charge is 0.309 e. The number of rotatable bonds is 4. The molecule has 0 saturated carbocycles. The van der Waals surface area contributed by atoms with Crippen molar-refractivity contribution in [2.45, 2.75) is 40.2 Å². The van der Waals surface area contributed by atoms with Gasteiger partial charge in [-0.25, -0.2) is 0 Å². The highest BCUT2D eigenvalue weighted by Crippen LogP contribution is 2.32. The van der Waals surface area contributed by atoms with E-state index in [1.54, 1.807) is 26.0 Å². The van der Waals surface area contributed by atoms with E-state index in [1.165, 1.54) is 0 Å². The summed E-state index contributed by atoms with van der Waals surface area (Å²) in [7, 11) is 0. The third-order valence-corrected chi connectivity index (χ3v) is 3.67. The Hall–Kier alpha value is -1.97. The first-order chi connectivity index (χ1) is 9.22. The molecule has 108 valence electrons. The van der Waals surface area contributed by atoms with Gasteiger partial charge in [-0.05, 0) is 51.8 Å². The maximum atomic E-state index is 11.3. The predicted octanol–water partition coefficient (Wildman–Crippen LogP) is 3.58. The third kappa shape index (κ3) is 2.50. The molecular formula is C16H21NO3. The highest BCUT2D eigenvalue weighted by molar-refractivity contribution is 5.86. The highest BCUT2D eigenvalue weighted by Gasteiger charge is 2.29. The zero-order chi connectivity index (χ0) is 15.1. The summed E-state index contributed by atoms with van der Waals surface area (Å²) in [4.78, 5) is 11.3. The number of carbonyl (C=O) groups is 1. The number of hydrogen-bond acceptors (Lipinski definition) is 2. The Balaban J connectivity index is 2.57. The van der Waals surface area contributed by atoms with Gasteiger partial charge >= 0.3 is 5.97 Å². The van der Waals surface area contributed by atoms with Gasteiger partial charge in [0.15, 0.2) is 0 Å². The fourth-order valence-electron chi connectivity index (χ4n) is 2.43. The van der Waals surface area contributed by atoms with Crippen molar-refractivity contribution in [1.82, 2.24) is 4.57 Å². The number of hydrogen-bond donors (Lipinski definition) is 2. The number of aromatic hydroxyl groups is 1. The number of benzene rings is 1. The molecule has 0 saturated heterocycles. The van der Waals surface area contributed by atoms with Crippen LogP contribution in [0.3, 0.4) is 0 Å². The second kappa shape index (κ2) is 4.85. The molecule has 0 aliphatic heterocycles. The Labute approximate surface area is 118 Å². The standard InChI is InChI=1S/C16H21NO3/c1-10(2)17-9-11(8-16(3,4)15(19)20)13-6-5-12(18)7-14(13)17/h5-7,9-10,18H,8H2,1-4H3,(H,19,20). The Kier molecular flexibility index (Phi) is 3.50. The Morgan fingerprint density at radius 2 is 2.00 bits per heavy atom. The lowest BCUT2D eigenvalue weighted by Gasteiger charge is -2.18. The van der Waals surface area contributed by atoms with Crippen molar-refractivity contribution < 1.29 is 15.0 Å². The molecule has 0 fully saturated rings. The van der Waals surface area contributed by atoms with E-state index in [2.05, 4.69) is 18.4 Å². The topological polar surface area (TPSA) is 62.5 Å². The summed E-state index contributed by atoms with van der Waals surface area (Å²) in [5, 5.41) is 20.0. The van der Waals surface area contributed by atoms with Crippen LogP contribution in [-0.4, -0.2) is 20.7 Å². The summed E-state index contributed by atoms with van der Waals surface area (Å²) in [5.74, 6) is -0.580. The van der Waals surface area contributed by atoms with Crippen LogP contribution in [0.4, 0.5) is 0 Å². The van der Waals surface area contributed by atoms with Gasteiger partial charge in [0.1, 0.15) is 5.75 Å². The maximum Gasteiger partial charge on any atom is 0.309 e. The third-order valence-electron chi connectivity index (χ3n) is 3.67. The number of carboxylic acid groups (broad SMARTS) is 1. The van der Waals surface area contributed by atoms with Crippen molar-refractivity contribution in [3.8, 4) is 5.75 Å². The average molecular weight is 275 g/mol. The Morgan fingerprint density at radius 3 is 2.55 bits per heavy atom. The van der Waals surface area contributed by atoms with Crippen LogP contribution in [0.1, 0.15) is 39.3 Å². The maximum absolute atomic E-state index is 11.3. The lowest BCUT2D eigenvalue weighted by molar-refractivity contribution is -0.146. The van der Waals surface area contributed by atoms with Crippen LogP contribution >= 0.6 is 0 Å². The van der Waals surface area contributed by atoms with Gasteiger partial charge in [0.05, 0.1) is 10.9 Å². The summed E-state index contributed by atoms with van der Waals surface area (Å²) in [6.45, 7) is 7.59. The minimum Gasteiger partial charge on any atom is -0.508 e. The van der Waals surface area contributed by atoms with Crippen molar-refractivity contribution >= 4 is 16.9 Å². The number of phenolic OH excluding ortho intramolecular Hbond substituents is 1. The molecule has 0 aliphatic carbocycles. The van der Waals surface area contributed by atoms with Crippen LogP contribution in [0.5, 0.6) is 5.75 Å². The zero-order valence-corrected chi connectivity index (χ0v) is 12.3. The molecule has 1 aromatic carbocycles. The van der Waals surface area contributed by atoms with Crippen molar-refractivity contribution in [2.24, 2.45) is 5.41 Å². The summed E-state index contributed by atoms with van der Waals surface area (Å²) in [5.41, 5.74) is 1.13. The monoisotopic (exact) mass is 275 g/mol. The van der Waals surface area contributed by atoms with Gasteiger partial charge in [0, 0.05) is 23.7 Å². The molecule has 4 nitrogen and oxygen atoms in total. The van der Waals surface area contributed by atoms with Crippen molar-refractivity contribution in [1.29, 1.82) is 0 Å². The largest absolute Gasteiger partial charge is 0.508 e. The van der Waals surface area contributed by atoms with Gasteiger partial charge in [-0.3, -0.25) is 4.79 Å². The fraction of sp³-hybridized carbons (Fsp3) is 0.438. The molecule has 20 heavy (non-hydrogen) atoms. The van der Waals surface area contributed by atoms with Gasteiger partial charge in [-0.15, -0.1) is 0 Å².